The molecule has 2 bridgehead atoms. The molecule has 70 valence electrons. The number of aliphatic hydroxyl groups is 1. The minimum atomic E-state index is -0.245. The van der Waals surface area contributed by atoms with Gasteiger partial charge in [0.1, 0.15) is 6.67 Å². The maximum absolute atomic E-state index is 12.1. The Labute approximate surface area is 72.4 Å². The molecule has 3 heteroatoms. The minimum absolute atomic E-state index is 0.245. The van der Waals surface area contributed by atoms with Gasteiger partial charge in [0, 0.05) is 25.2 Å². The standard InChI is InChI=1S/C9H16FNO/c10-3-4-11-8-1-2-9(11)7(5-8)6-12/h7-9,12H,1-6H2. The predicted octanol–water partition coefficient (Wildman–Crippen LogP) is 0.801. The van der Waals surface area contributed by atoms with E-state index in [1.165, 1.54) is 6.42 Å². The molecule has 0 aromatic rings. The lowest BCUT2D eigenvalue weighted by atomic mass is 9.90. The fraction of sp³-hybridized carbons (Fsp3) is 1.00. The van der Waals surface area contributed by atoms with Gasteiger partial charge in [-0.15, -0.1) is 0 Å². The van der Waals surface area contributed by atoms with Crippen molar-refractivity contribution in [1.29, 1.82) is 0 Å². The number of nitrogens with zero attached hydrogens (tertiary/aromatic N) is 1. The molecule has 3 atom stereocenters. The largest absolute Gasteiger partial charge is 0.396 e. The summed E-state index contributed by atoms with van der Waals surface area (Å²) < 4.78 is 12.1. The summed E-state index contributed by atoms with van der Waals surface area (Å²) >= 11 is 0. The van der Waals surface area contributed by atoms with Crippen molar-refractivity contribution in [2.24, 2.45) is 5.92 Å². The van der Waals surface area contributed by atoms with E-state index in [0.717, 1.165) is 12.8 Å². The highest BCUT2D eigenvalue weighted by atomic mass is 19.1. The van der Waals surface area contributed by atoms with Crippen molar-refractivity contribution in [2.45, 2.75) is 31.3 Å². The Morgan fingerprint density at radius 1 is 1.42 bits per heavy atom. The molecule has 2 rings (SSSR count). The third-order valence-electron chi connectivity index (χ3n) is 3.39. The van der Waals surface area contributed by atoms with Crippen molar-refractivity contribution >= 4 is 0 Å². The fourth-order valence-electron chi connectivity index (χ4n) is 2.87. The van der Waals surface area contributed by atoms with E-state index in [0.29, 0.717) is 24.5 Å². The highest BCUT2D eigenvalue weighted by Gasteiger charge is 2.45. The van der Waals surface area contributed by atoms with Gasteiger partial charge in [-0.05, 0) is 25.2 Å². The summed E-state index contributed by atoms with van der Waals surface area (Å²) in [5, 5.41) is 9.05. The monoisotopic (exact) mass is 173 g/mol. The van der Waals surface area contributed by atoms with Crippen LogP contribution in [0.25, 0.3) is 0 Å². The molecule has 2 saturated heterocycles. The minimum Gasteiger partial charge on any atom is -0.396 e. The first-order valence-electron chi connectivity index (χ1n) is 4.79. The van der Waals surface area contributed by atoms with Crippen LogP contribution in [0.2, 0.25) is 0 Å². The second-order valence-electron chi connectivity index (χ2n) is 3.90. The van der Waals surface area contributed by atoms with E-state index in [9.17, 15) is 4.39 Å². The Morgan fingerprint density at radius 2 is 2.25 bits per heavy atom. The van der Waals surface area contributed by atoms with E-state index in [1.54, 1.807) is 0 Å². The van der Waals surface area contributed by atoms with E-state index in [2.05, 4.69) is 4.90 Å². The van der Waals surface area contributed by atoms with Gasteiger partial charge >= 0.3 is 0 Å². The molecule has 0 amide bonds. The molecule has 1 N–H and O–H groups in total. The van der Waals surface area contributed by atoms with Gasteiger partial charge in [-0.25, -0.2) is 4.39 Å². The van der Waals surface area contributed by atoms with Crippen LogP contribution in [-0.2, 0) is 0 Å². The maximum Gasteiger partial charge on any atom is 0.102 e. The third-order valence-corrected chi connectivity index (χ3v) is 3.39. The summed E-state index contributed by atoms with van der Waals surface area (Å²) in [7, 11) is 0. The summed E-state index contributed by atoms with van der Waals surface area (Å²) in [5.41, 5.74) is 0. The quantitative estimate of drug-likeness (QED) is 0.682. The number of fused-ring (bicyclic) bond motifs is 2. The van der Waals surface area contributed by atoms with Crippen molar-refractivity contribution in [1.82, 2.24) is 4.90 Å². The number of hydrogen-bond acceptors (Lipinski definition) is 2. The maximum atomic E-state index is 12.1. The zero-order valence-electron chi connectivity index (χ0n) is 7.25. The van der Waals surface area contributed by atoms with Crippen molar-refractivity contribution in [3.63, 3.8) is 0 Å². The lowest BCUT2D eigenvalue weighted by Gasteiger charge is -2.21. The Kier molecular flexibility index (Phi) is 2.33. The molecule has 2 aliphatic rings. The average molecular weight is 173 g/mol. The van der Waals surface area contributed by atoms with Crippen LogP contribution in [0.15, 0.2) is 0 Å². The van der Waals surface area contributed by atoms with Crippen LogP contribution < -0.4 is 0 Å². The molecule has 0 saturated carbocycles. The van der Waals surface area contributed by atoms with Crippen LogP contribution in [0, 0.1) is 5.92 Å². The number of aliphatic hydroxyl groups excluding tert-OH is 1. The first kappa shape index (κ1) is 8.45. The molecule has 2 aliphatic heterocycles. The normalized spacial score (nSPS) is 41.0. The van der Waals surface area contributed by atoms with Gasteiger partial charge in [-0.2, -0.15) is 0 Å². The summed E-state index contributed by atoms with van der Waals surface area (Å²) in [6.45, 7) is 0.612. The van der Waals surface area contributed by atoms with Crippen molar-refractivity contribution < 1.29 is 9.50 Å². The van der Waals surface area contributed by atoms with Crippen LogP contribution in [0.5, 0.6) is 0 Å². The van der Waals surface area contributed by atoms with E-state index in [1.807, 2.05) is 0 Å². The molecular weight excluding hydrogens is 157 g/mol. The highest BCUT2D eigenvalue weighted by Crippen LogP contribution is 2.40. The fourth-order valence-corrected chi connectivity index (χ4v) is 2.87. The molecule has 0 radical (unpaired) electrons. The van der Waals surface area contributed by atoms with Crippen LogP contribution >= 0.6 is 0 Å². The van der Waals surface area contributed by atoms with Crippen LogP contribution in [0.3, 0.4) is 0 Å². The topological polar surface area (TPSA) is 23.5 Å². The molecule has 0 aromatic heterocycles. The smallest absolute Gasteiger partial charge is 0.102 e. The first-order valence-corrected chi connectivity index (χ1v) is 4.79. The lowest BCUT2D eigenvalue weighted by Crippen LogP contribution is -2.32. The summed E-state index contributed by atoms with van der Waals surface area (Å²) in [5.74, 6) is 0.426. The van der Waals surface area contributed by atoms with Gasteiger partial charge in [-0.1, -0.05) is 0 Å². The van der Waals surface area contributed by atoms with E-state index >= 15 is 0 Å². The number of alkyl halides is 1. The molecule has 0 aromatic carbocycles. The second-order valence-corrected chi connectivity index (χ2v) is 3.90. The van der Waals surface area contributed by atoms with E-state index in [4.69, 9.17) is 5.11 Å². The average Bonchev–Trinajstić information content (AvgIpc) is 2.63. The van der Waals surface area contributed by atoms with Crippen LogP contribution in [0.4, 0.5) is 4.39 Å². The molecule has 2 fully saturated rings. The predicted molar refractivity (Wildman–Crippen MR) is 44.7 cm³/mol. The molecule has 2 heterocycles. The van der Waals surface area contributed by atoms with Crippen molar-refractivity contribution in [3.8, 4) is 0 Å². The van der Waals surface area contributed by atoms with E-state index in [-0.39, 0.29) is 13.3 Å². The van der Waals surface area contributed by atoms with Crippen molar-refractivity contribution in [3.05, 3.63) is 0 Å². The third kappa shape index (κ3) is 1.15. The molecular formula is C9H16FNO. The molecule has 2 nitrogen and oxygen atoms in total. The zero-order valence-corrected chi connectivity index (χ0v) is 7.25. The van der Waals surface area contributed by atoms with Gasteiger partial charge in [0.05, 0.1) is 0 Å². The lowest BCUT2D eigenvalue weighted by molar-refractivity contribution is 0.169. The Hall–Kier alpha value is -0.150. The van der Waals surface area contributed by atoms with Gasteiger partial charge < -0.3 is 5.11 Å². The summed E-state index contributed by atoms with van der Waals surface area (Å²) in [4.78, 5) is 2.25. The van der Waals surface area contributed by atoms with Gasteiger partial charge in [-0.3, -0.25) is 4.90 Å². The summed E-state index contributed by atoms with van der Waals surface area (Å²) in [6, 6.07) is 1.05. The zero-order chi connectivity index (χ0) is 8.55. The Bertz CT molecular complexity index is 165. The second kappa shape index (κ2) is 3.30. The Balaban J connectivity index is 1.99. The number of rotatable bonds is 3. The Morgan fingerprint density at radius 3 is 2.83 bits per heavy atom. The number of halogens is 1. The SMILES string of the molecule is OCC1CC2CCC1N2CCF. The van der Waals surface area contributed by atoms with Crippen LogP contribution in [-0.4, -0.2) is 41.9 Å². The van der Waals surface area contributed by atoms with Gasteiger partial charge in [0.25, 0.3) is 0 Å². The molecule has 0 spiro atoms. The van der Waals surface area contributed by atoms with Crippen LogP contribution in [0.1, 0.15) is 19.3 Å². The molecule has 12 heavy (non-hydrogen) atoms. The van der Waals surface area contributed by atoms with Gasteiger partial charge in [0.15, 0.2) is 0 Å². The molecule has 0 aliphatic carbocycles. The van der Waals surface area contributed by atoms with Crippen molar-refractivity contribution in [2.75, 3.05) is 19.8 Å². The summed E-state index contributed by atoms with van der Waals surface area (Å²) in [6.07, 6.45) is 3.46. The highest BCUT2D eigenvalue weighted by molar-refractivity contribution is 4.99. The van der Waals surface area contributed by atoms with Gasteiger partial charge in [0.2, 0.25) is 0 Å². The first-order chi connectivity index (χ1) is 5.86. The number of hydrogen-bond donors (Lipinski definition) is 1. The molecule has 3 unspecified atom stereocenters. The van der Waals surface area contributed by atoms with E-state index < -0.39 is 0 Å².